The van der Waals surface area contributed by atoms with E-state index in [2.05, 4.69) is 5.10 Å². The van der Waals surface area contributed by atoms with Crippen LogP contribution in [0.2, 0.25) is 5.02 Å². The Balaban J connectivity index is 2.14. The van der Waals surface area contributed by atoms with Crippen molar-refractivity contribution >= 4 is 23.2 Å². The number of benzene rings is 1. The van der Waals surface area contributed by atoms with Gasteiger partial charge in [0.25, 0.3) is 0 Å². The summed E-state index contributed by atoms with van der Waals surface area (Å²) in [5, 5.41) is 14.2. The zero-order valence-electron chi connectivity index (χ0n) is 10.4. The first-order valence-electron chi connectivity index (χ1n) is 5.56. The van der Waals surface area contributed by atoms with Crippen molar-refractivity contribution in [2.24, 2.45) is 0 Å². The minimum Gasteiger partial charge on any atom is -0.497 e. The maximum Gasteiger partial charge on any atom is 0.408 e. The summed E-state index contributed by atoms with van der Waals surface area (Å²) in [5.74, 6) is -0.0600. The number of carbonyl (C=O) groups is 1. The van der Waals surface area contributed by atoms with Gasteiger partial charge in [0.2, 0.25) is 0 Å². The molecule has 1 aromatic carbocycles. The van der Waals surface area contributed by atoms with Crippen molar-refractivity contribution in [3.05, 3.63) is 51.2 Å². The molecule has 104 valence electrons. The summed E-state index contributed by atoms with van der Waals surface area (Å²) in [6, 6.07) is 6.54. The Bertz CT molecular complexity index is 651. The lowest BCUT2D eigenvalue weighted by atomic mass is 10.1. The van der Waals surface area contributed by atoms with Crippen molar-refractivity contribution in [1.82, 2.24) is 9.78 Å². The van der Waals surface area contributed by atoms with Gasteiger partial charge in [-0.15, -0.1) is 0 Å². The molecule has 7 nitrogen and oxygen atoms in total. The number of nitrogens with zero attached hydrogens (tertiary/aromatic N) is 3. The molecule has 0 aliphatic heterocycles. The molecular weight excluding hydrogens is 286 g/mol. The average Bonchev–Trinajstić information content (AvgIpc) is 2.79. The minimum absolute atomic E-state index is 0.0995. The lowest BCUT2D eigenvalue weighted by Crippen LogP contribution is -2.11. The SMILES string of the molecule is COc1ccc(C(=O)Cn2cc(Cl)c([N+](=O)[O-])n2)cc1. The third-order valence-corrected chi connectivity index (χ3v) is 2.86. The van der Waals surface area contributed by atoms with Crippen LogP contribution < -0.4 is 4.74 Å². The number of halogens is 1. The predicted octanol–water partition coefficient (Wildman–Crippen LogP) is 2.34. The van der Waals surface area contributed by atoms with Gasteiger partial charge >= 0.3 is 5.82 Å². The van der Waals surface area contributed by atoms with Crippen LogP contribution in [0.5, 0.6) is 5.75 Å². The summed E-state index contributed by atoms with van der Waals surface area (Å²) >= 11 is 5.66. The zero-order valence-corrected chi connectivity index (χ0v) is 11.2. The molecule has 0 amide bonds. The first-order chi connectivity index (χ1) is 9.51. The van der Waals surface area contributed by atoms with E-state index < -0.39 is 10.7 Å². The van der Waals surface area contributed by atoms with Crippen molar-refractivity contribution in [3.63, 3.8) is 0 Å². The standard InChI is InChI=1S/C12H10ClN3O4/c1-20-9-4-2-8(3-5-9)11(17)7-15-6-10(13)12(14-15)16(18)19/h2-6H,7H2,1H3. The van der Waals surface area contributed by atoms with Crippen molar-refractivity contribution in [2.75, 3.05) is 7.11 Å². The fourth-order valence-electron chi connectivity index (χ4n) is 1.61. The van der Waals surface area contributed by atoms with E-state index in [1.807, 2.05) is 0 Å². The summed E-state index contributed by atoms with van der Waals surface area (Å²) in [4.78, 5) is 21.9. The summed E-state index contributed by atoms with van der Waals surface area (Å²) in [6.45, 7) is -0.125. The van der Waals surface area contributed by atoms with Gasteiger partial charge in [-0.2, -0.15) is 4.68 Å². The second-order valence-corrected chi connectivity index (χ2v) is 4.31. The highest BCUT2D eigenvalue weighted by Gasteiger charge is 2.20. The molecule has 20 heavy (non-hydrogen) atoms. The number of carbonyl (C=O) groups excluding carboxylic acids is 1. The van der Waals surface area contributed by atoms with Crippen molar-refractivity contribution in [2.45, 2.75) is 6.54 Å². The second-order valence-electron chi connectivity index (χ2n) is 3.91. The van der Waals surface area contributed by atoms with Crippen LogP contribution in [0.1, 0.15) is 10.4 Å². The summed E-state index contributed by atoms with van der Waals surface area (Å²) in [5.41, 5.74) is 0.458. The van der Waals surface area contributed by atoms with Gasteiger partial charge in [0.15, 0.2) is 10.8 Å². The van der Waals surface area contributed by atoms with E-state index in [1.165, 1.54) is 13.3 Å². The highest BCUT2D eigenvalue weighted by atomic mass is 35.5. The van der Waals surface area contributed by atoms with Gasteiger partial charge in [-0.25, -0.2) is 0 Å². The smallest absolute Gasteiger partial charge is 0.408 e. The number of hydrogen-bond donors (Lipinski definition) is 0. The van der Waals surface area contributed by atoms with Crippen LogP contribution in [0.3, 0.4) is 0 Å². The Morgan fingerprint density at radius 3 is 2.60 bits per heavy atom. The number of Topliss-reactive ketones (excluding diaryl/α,β-unsaturated/α-hetero) is 1. The quantitative estimate of drug-likeness (QED) is 0.480. The maximum absolute atomic E-state index is 12.0. The Morgan fingerprint density at radius 2 is 2.10 bits per heavy atom. The number of ketones is 1. The lowest BCUT2D eigenvalue weighted by Gasteiger charge is -2.01. The van der Waals surface area contributed by atoms with Gasteiger partial charge in [-0.1, -0.05) is 11.6 Å². The van der Waals surface area contributed by atoms with Gasteiger partial charge in [0, 0.05) is 5.56 Å². The fourth-order valence-corrected chi connectivity index (χ4v) is 1.83. The van der Waals surface area contributed by atoms with Crippen molar-refractivity contribution in [3.8, 4) is 5.75 Å². The topological polar surface area (TPSA) is 87.3 Å². The van der Waals surface area contributed by atoms with Crippen LogP contribution in [0.25, 0.3) is 0 Å². The molecule has 0 saturated carbocycles. The van der Waals surface area contributed by atoms with Crippen LogP contribution in [-0.4, -0.2) is 27.6 Å². The van der Waals surface area contributed by atoms with Crippen LogP contribution in [0.4, 0.5) is 5.82 Å². The average molecular weight is 296 g/mol. The molecule has 0 bridgehead atoms. The molecule has 0 spiro atoms. The fraction of sp³-hybridized carbons (Fsp3) is 0.167. The van der Waals surface area contributed by atoms with Gasteiger partial charge in [0.1, 0.15) is 12.3 Å². The number of ether oxygens (including phenoxy) is 1. The molecule has 0 N–H and O–H groups in total. The molecular formula is C12H10ClN3O4. The molecule has 0 unspecified atom stereocenters. The summed E-state index contributed by atoms with van der Waals surface area (Å²) < 4.78 is 6.14. The molecule has 0 radical (unpaired) electrons. The first-order valence-corrected chi connectivity index (χ1v) is 5.93. The molecule has 2 rings (SSSR count). The largest absolute Gasteiger partial charge is 0.497 e. The van der Waals surface area contributed by atoms with Crippen molar-refractivity contribution in [1.29, 1.82) is 0 Å². The van der Waals surface area contributed by atoms with Crippen LogP contribution >= 0.6 is 11.6 Å². The van der Waals surface area contributed by atoms with Gasteiger partial charge < -0.3 is 14.9 Å². The van der Waals surface area contributed by atoms with Crippen LogP contribution in [0.15, 0.2) is 30.5 Å². The van der Waals surface area contributed by atoms with Crippen LogP contribution in [-0.2, 0) is 6.54 Å². The predicted molar refractivity (Wildman–Crippen MR) is 71.2 cm³/mol. The van der Waals surface area contributed by atoms with E-state index in [4.69, 9.17) is 16.3 Å². The van der Waals surface area contributed by atoms with E-state index in [0.717, 1.165) is 4.68 Å². The molecule has 0 aliphatic rings. The summed E-state index contributed by atoms with van der Waals surface area (Å²) in [7, 11) is 1.53. The Kier molecular flexibility index (Phi) is 3.99. The van der Waals surface area contributed by atoms with E-state index in [1.54, 1.807) is 24.3 Å². The third-order valence-electron chi connectivity index (χ3n) is 2.59. The number of rotatable bonds is 5. The van der Waals surface area contributed by atoms with Gasteiger partial charge in [-0.3, -0.25) is 4.79 Å². The van der Waals surface area contributed by atoms with Crippen molar-refractivity contribution < 1.29 is 14.5 Å². The Morgan fingerprint density at radius 1 is 1.45 bits per heavy atom. The molecule has 1 heterocycles. The third kappa shape index (κ3) is 2.94. The van der Waals surface area contributed by atoms with Gasteiger partial charge in [0.05, 0.1) is 18.4 Å². The molecule has 0 atom stereocenters. The molecule has 0 aliphatic carbocycles. The molecule has 8 heteroatoms. The highest BCUT2D eigenvalue weighted by Crippen LogP contribution is 2.21. The maximum atomic E-state index is 12.0. The monoisotopic (exact) mass is 295 g/mol. The molecule has 1 aromatic heterocycles. The number of methoxy groups -OCH3 is 1. The second kappa shape index (κ2) is 5.70. The van der Waals surface area contributed by atoms with E-state index in [0.29, 0.717) is 11.3 Å². The normalized spacial score (nSPS) is 10.3. The lowest BCUT2D eigenvalue weighted by molar-refractivity contribution is -0.389. The first kappa shape index (κ1) is 14.0. The number of hydrogen-bond acceptors (Lipinski definition) is 5. The van der Waals surface area contributed by atoms with Crippen LogP contribution in [0, 0.1) is 10.1 Å². The Hall–Kier alpha value is -2.41. The van der Waals surface area contributed by atoms with Gasteiger partial charge in [-0.05, 0) is 29.2 Å². The van der Waals surface area contributed by atoms with E-state index in [9.17, 15) is 14.9 Å². The number of aromatic nitrogens is 2. The highest BCUT2D eigenvalue weighted by molar-refractivity contribution is 6.32. The molecule has 0 saturated heterocycles. The molecule has 2 aromatic rings. The molecule has 0 fully saturated rings. The zero-order chi connectivity index (χ0) is 14.7. The van der Waals surface area contributed by atoms with E-state index in [-0.39, 0.29) is 17.4 Å². The Labute approximate surface area is 118 Å². The summed E-state index contributed by atoms with van der Waals surface area (Å²) in [6.07, 6.45) is 1.25. The number of nitro groups is 1. The van der Waals surface area contributed by atoms with E-state index >= 15 is 0 Å². The minimum atomic E-state index is -0.698.